The Labute approximate surface area is 139 Å². The van der Waals surface area contributed by atoms with E-state index in [-0.39, 0.29) is 24.2 Å². The van der Waals surface area contributed by atoms with Gasteiger partial charge in [-0.3, -0.25) is 4.79 Å². The van der Waals surface area contributed by atoms with Gasteiger partial charge < -0.3 is 15.0 Å². The molecule has 3 rings (SSSR count). The molecule has 2 saturated heterocycles. The van der Waals surface area contributed by atoms with E-state index in [1.165, 1.54) is 11.1 Å². The molecule has 2 heterocycles. The van der Waals surface area contributed by atoms with Crippen LogP contribution in [0.4, 0.5) is 0 Å². The predicted molar refractivity (Wildman–Crippen MR) is 91.3 cm³/mol. The molecule has 0 aliphatic carbocycles. The van der Waals surface area contributed by atoms with Crippen molar-refractivity contribution in [1.82, 2.24) is 10.2 Å². The number of nitrogens with zero attached hydrogens (tertiary/aromatic N) is 1. The molecule has 3 atom stereocenters. The van der Waals surface area contributed by atoms with Crippen molar-refractivity contribution in [2.24, 2.45) is 0 Å². The summed E-state index contributed by atoms with van der Waals surface area (Å²) < 4.78 is 5.93. The minimum Gasteiger partial charge on any atom is -0.365 e. The summed E-state index contributed by atoms with van der Waals surface area (Å²) in [5.74, 6) is 0.173. The topological polar surface area (TPSA) is 41.6 Å². The standard InChI is InChI=1S/C19H28N2O2/c1-3-14-5-7-15(8-6-14)17-13-20-11-12-21(17)19(22)18-10-9-16(4-2)23-18/h5-8,16-18,20H,3-4,9-13H2,1-2H3. The molecular weight excluding hydrogens is 288 g/mol. The number of hydrogen-bond donors (Lipinski definition) is 1. The molecule has 4 nitrogen and oxygen atoms in total. The van der Waals surface area contributed by atoms with Crippen LogP contribution in [0.1, 0.15) is 50.3 Å². The molecule has 0 spiro atoms. The van der Waals surface area contributed by atoms with Crippen LogP contribution >= 0.6 is 0 Å². The average Bonchev–Trinajstić information content (AvgIpc) is 3.10. The number of carbonyl (C=O) groups is 1. The highest BCUT2D eigenvalue weighted by Gasteiger charge is 2.36. The van der Waals surface area contributed by atoms with E-state index >= 15 is 0 Å². The first-order valence-electron chi connectivity index (χ1n) is 8.98. The van der Waals surface area contributed by atoms with E-state index in [1.54, 1.807) is 0 Å². The molecule has 1 aromatic rings. The van der Waals surface area contributed by atoms with Crippen LogP contribution in [-0.2, 0) is 16.0 Å². The van der Waals surface area contributed by atoms with E-state index in [0.29, 0.717) is 0 Å². The molecule has 23 heavy (non-hydrogen) atoms. The molecule has 3 unspecified atom stereocenters. The molecule has 0 radical (unpaired) electrons. The Morgan fingerprint density at radius 3 is 2.70 bits per heavy atom. The van der Waals surface area contributed by atoms with E-state index in [2.05, 4.69) is 43.4 Å². The maximum absolute atomic E-state index is 12.9. The third-order valence-corrected chi connectivity index (χ3v) is 5.14. The zero-order valence-corrected chi connectivity index (χ0v) is 14.3. The van der Waals surface area contributed by atoms with Gasteiger partial charge in [0.2, 0.25) is 0 Å². The molecule has 2 fully saturated rings. The van der Waals surface area contributed by atoms with E-state index in [9.17, 15) is 4.79 Å². The first kappa shape index (κ1) is 16.5. The van der Waals surface area contributed by atoms with Crippen LogP contribution in [0.3, 0.4) is 0 Å². The van der Waals surface area contributed by atoms with E-state index in [4.69, 9.17) is 4.74 Å². The van der Waals surface area contributed by atoms with Gasteiger partial charge in [-0.05, 0) is 36.8 Å². The van der Waals surface area contributed by atoms with Gasteiger partial charge in [-0.15, -0.1) is 0 Å². The molecule has 1 aromatic carbocycles. The third-order valence-electron chi connectivity index (χ3n) is 5.14. The summed E-state index contributed by atoms with van der Waals surface area (Å²) in [5.41, 5.74) is 2.55. The molecule has 0 aromatic heterocycles. The van der Waals surface area contributed by atoms with Gasteiger partial charge >= 0.3 is 0 Å². The van der Waals surface area contributed by atoms with Gasteiger partial charge in [0.15, 0.2) is 0 Å². The lowest BCUT2D eigenvalue weighted by molar-refractivity contribution is -0.146. The number of ether oxygens (including phenoxy) is 1. The highest BCUT2D eigenvalue weighted by atomic mass is 16.5. The molecule has 126 valence electrons. The second-order valence-electron chi connectivity index (χ2n) is 6.58. The van der Waals surface area contributed by atoms with Crippen LogP contribution in [0.15, 0.2) is 24.3 Å². The Morgan fingerprint density at radius 2 is 2.04 bits per heavy atom. The zero-order valence-electron chi connectivity index (χ0n) is 14.3. The van der Waals surface area contributed by atoms with E-state index in [0.717, 1.165) is 45.3 Å². The van der Waals surface area contributed by atoms with Gasteiger partial charge in [0.25, 0.3) is 5.91 Å². The van der Waals surface area contributed by atoms with Crippen molar-refractivity contribution in [3.8, 4) is 0 Å². The normalized spacial score (nSPS) is 28.1. The van der Waals surface area contributed by atoms with Crippen molar-refractivity contribution < 1.29 is 9.53 Å². The lowest BCUT2D eigenvalue weighted by Gasteiger charge is -2.38. The molecule has 4 heteroatoms. The summed E-state index contributed by atoms with van der Waals surface area (Å²) in [5, 5.41) is 3.42. The Bertz CT molecular complexity index is 529. The highest BCUT2D eigenvalue weighted by Crippen LogP contribution is 2.28. The summed E-state index contributed by atoms with van der Waals surface area (Å²) in [4.78, 5) is 15.0. The number of piperazine rings is 1. The first-order chi connectivity index (χ1) is 11.2. The lowest BCUT2D eigenvalue weighted by atomic mass is 10.00. The number of amides is 1. The third kappa shape index (κ3) is 3.59. The monoisotopic (exact) mass is 316 g/mol. The maximum atomic E-state index is 12.9. The minimum absolute atomic E-state index is 0.117. The predicted octanol–water partition coefficient (Wildman–Crippen LogP) is 2.68. The smallest absolute Gasteiger partial charge is 0.252 e. The van der Waals surface area contributed by atoms with Crippen LogP contribution < -0.4 is 5.32 Å². The summed E-state index contributed by atoms with van der Waals surface area (Å²) in [6.45, 7) is 6.73. The number of aryl methyl sites for hydroxylation is 1. The van der Waals surface area contributed by atoms with Crippen LogP contribution in [-0.4, -0.2) is 42.6 Å². The minimum atomic E-state index is -0.240. The number of hydrogen-bond acceptors (Lipinski definition) is 3. The summed E-state index contributed by atoms with van der Waals surface area (Å²) in [7, 11) is 0. The van der Waals surface area contributed by atoms with Crippen LogP contribution in [0.5, 0.6) is 0 Å². The molecule has 0 saturated carbocycles. The van der Waals surface area contributed by atoms with Crippen molar-refractivity contribution in [1.29, 1.82) is 0 Å². The molecule has 2 aliphatic heterocycles. The molecule has 1 N–H and O–H groups in total. The van der Waals surface area contributed by atoms with Gasteiger partial charge in [-0.2, -0.15) is 0 Å². The number of carbonyl (C=O) groups excluding carboxylic acids is 1. The van der Waals surface area contributed by atoms with Crippen LogP contribution in [0.2, 0.25) is 0 Å². The van der Waals surface area contributed by atoms with Crippen molar-refractivity contribution in [3.05, 3.63) is 35.4 Å². The number of nitrogens with one attached hydrogen (secondary N) is 1. The second kappa shape index (κ2) is 7.45. The fraction of sp³-hybridized carbons (Fsp3) is 0.632. The zero-order chi connectivity index (χ0) is 16.2. The highest BCUT2D eigenvalue weighted by molar-refractivity contribution is 5.82. The Kier molecular flexibility index (Phi) is 5.34. The van der Waals surface area contributed by atoms with Crippen molar-refractivity contribution >= 4 is 5.91 Å². The number of benzene rings is 1. The maximum Gasteiger partial charge on any atom is 0.252 e. The van der Waals surface area contributed by atoms with Crippen molar-refractivity contribution in [2.45, 2.75) is 57.8 Å². The van der Waals surface area contributed by atoms with Crippen LogP contribution in [0, 0.1) is 0 Å². The SMILES string of the molecule is CCc1ccc(C2CNCCN2C(=O)C2CCC(CC)O2)cc1. The quantitative estimate of drug-likeness (QED) is 0.928. The fourth-order valence-corrected chi connectivity index (χ4v) is 3.61. The molecule has 0 bridgehead atoms. The van der Waals surface area contributed by atoms with E-state index in [1.807, 2.05) is 4.90 Å². The summed E-state index contributed by atoms with van der Waals surface area (Å²) in [6.07, 6.45) is 3.93. The Morgan fingerprint density at radius 1 is 1.26 bits per heavy atom. The molecular formula is C19H28N2O2. The second-order valence-corrected chi connectivity index (χ2v) is 6.58. The lowest BCUT2D eigenvalue weighted by Crippen LogP contribution is -2.51. The molecule has 2 aliphatic rings. The summed E-state index contributed by atoms with van der Waals surface area (Å²) in [6, 6.07) is 8.80. The number of rotatable bonds is 4. The van der Waals surface area contributed by atoms with Gasteiger partial charge in [-0.1, -0.05) is 38.1 Å². The van der Waals surface area contributed by atoms with Gasteiger partial charge in [-0.25, -0.2) is 0 Å². The molecule has 1 amide bonds. The van der Waals surface area contributed by atoms with E-state index < -0.39 is 0 Å². The first-order valence-corrected chi connectivity index (χ1v) is 8.98. The van der Waals surface area contributed by atoms with Crippen LogP contribution in [0.25, 0.3) is 0 Å². The van der Waals surface area contributed by atoms with Crippen molar-refractivity contribution in [2.75, 3.05) is 19.6 Å². The fourth-order valence-electron chi connectivity index (χ4n) is 3.61. The van der Waals surface area contributed by atoms with Crippen molar-refractivity contribution in [3.63, 3.8) is 0 Å². The summed E-state index contributed by atoms with van der Waals surface area (Å²) >= 11 is 0. The van der Waals surface area contributed by atoms with Gasteiger partial charge in [0, 0.05) is 19.6 Å². The Hall–Kier alpha value is -1.39. The van der Waals surface area contributed by atoms with Gasteiger partial charge in [0.05, 0.1) is 12.1 Å². The largest absolute Gasteiger partial charge is 0.365 e. The average molecular weight is 316 g/mol. The van der Waals surface area contributed by atoms with Gasteiger partial charge in [0.1, 0.15) is 6.10 Å². The Balaban J connectivity index is 1.74.